The Balaban J connectivity index is 2.24. The fraction of sp³-hybridized carbons (Fsp3) is 0.417. The second kappa shape index (κ2) is 4.58. The van der Waals surface area contributed by atoms with Gasteiger partial charge in [0.15, 0.2) is 11.5 Å². The molecule has 0 unspecified atom stereocenters. The Morgan fingerprint density at radius 3 is 2.65 bits per heavy atom. The SMILES string of the molecule is N#CCCC(F)(F)c1ccc2c(c1)OCCO2. The van der Waals surface area contributed by atoms with Gasteiger partial charge in [-0.25, -0.2) is 8.78 Å². The molecule has 1 aromatic rings. The number of ether oxygens (including phenoxy) is 2. The zero-order valence-corrected chi connectivity index (χ0v) is 9.08. The smallest absolute Gasteiger partial charge is 0.274 e. The average molecular weight is 239 g/mol. The van der Waals surface area contributed by atoms with Crippen molar-refractivity contribution in [1.82, 2.24) is 0 Å². The van der Waals surface area contributed by atoms with E-state index < -0.39 is 12.3 Å². The number of nitrogens with zero attached hydrogens (tertiary/aromatic N) is 1. The van der Waals surface area contributed by atoms with Crippen molar-refractivity contribution in [3.8, 4) is 17.6 Å². The topological polar surface area (TPSA) is 42.2 Å². The third kappa shape index (κ3) is 2.47. The van der Waals surface area contributed by atoms with E-state index in [1.54, 1.807) is 6.07 Å². The minimum Gasteiger partial charge on any atom is -0.486 e. The van der Waals surface area contributed by atoms with Gasteiger partial charge >= 0.3 is 0 Å². The molecule has 0 saturated heterocycles. The zero-order chi connectivity index (χ0) is 12.3. The third-order valence-electron chi connectivity index (χ3n) is 2.52. The predicted octanol–water partition coefficient (Wildman–Crippen LogP) is 2.85. The van der Waals surface area contributed by atoms with Crippen molar-refractivity contribution < 1.29 is 18.3 Å². The van der Waals surface area contributed by atoms with Crippen molar-refractivity contribution in [2.45, 2.75) is 18.8 Å². The Labute approximate surface area is 97.6 Å². The first-order valence-corrected chi connectivity index (χ1v) is 5.28. The highest BCUT2D eigenvalue weighted by molar-refractivity contribution is 5.45. The van der Waals surface area contributed by atoms with Crippen LogP contribution in [0.4, 0.5) is 8.78 Å². The van der Waals surface area contributed by atoms with Crippen LogP contribution in [0.2, 0.25) is 0 Å². The maximum Gasteiger partial charge on any atom is 0.274 e. The average Bonchev–Trinajstić information content (AvgIpc) is 2.36. The van der Waals surface area contributed by atoms with Gasteiger partial charge in [-0.3, -0.25) is 0 Å². The van der Waals surface area contributed by atoms with Crippen LogP contribution in [-0.2, 0) is 5.92 Å². The number of fused-ring (bicyclic) bond motifs is 1. The fourth-order valence-corrected chi connectivity index (χ4v) is 1.63. The summed E-state index contributed by atoms with van der Waals surface area (Å²) in [6.07, 6.45) is -0.662. The normalized spacial score (nSPS) is 14.2. The molecule has 0 spiro atoms. The molecular weight excluding hydrogens is 228 g/mol. The second-order valence-corrected chi connectivity index (χ2v) is 3.72. The Morgan fingerprint density at radius 1 is 1.24 bits per heavy atom. The lowest BCUT2D eigenvalue weighted by Crippen LogP contribution is -2.17. The van der Waals surface area contributed by atoms with Gasteiger partial charge in [-0.15, -0.1) is 0 Å². The summed E-state index contributed by atoms with van der Waals surface area (Å²) in [7, 11) is 0. The lowest BCUT2D eigenvalue weighted by Gasteiger charge is -2.21. The molecule has 1 aliphatic heterocycles. The number of benzene rings is 1. The van der Waals surface area contributed by atoms with Crippen molar-refractivity contribution in [3.63, 3.8) is 0 Å². The van der Waals surface area contributed by atoms with Gasteiger partial charge in [0.25, 0.3) is 5.92 Å². The summed E-state index contributed by atoms with van der Waals surface area (Å²) >= 11 is 0. The van der Waals surface area contributed by atoms with E-state index in [1.807, 2.05) is 0 Å². The zero-order valence-electron chi connectivity index (χ0n) is 9.08. The molecule has 1 heterocycles. The van der Waals surface area contributed by atoms with Gasteiger partial charge in [0, 0.05) is 18.4 Å². The van der Waals surface area contributed by atoms with Crippen LogP contribution in [0.5, 0.6) is 11.5 Å². The Bertz CT molecular complexity index is 454. The first-order chi connectivity index (χ1) is 8.13. The number of rotatable bonds is 3. The molecule has 2 rings (SSSR count). The van der Waals surface area contributed by atoms with E-state index in [9.17, 15) is 8.78 Å². The maximum atomic E-state index is 13.7. The van der Waals surface area contributed by atoms with Crippen molar-refractivity contribution in [3.05, 3.63) is 23.8 Å². The molecule has 1 aliphatic rings. The summed E-state index contributed by atoms with van der Waals surface area (Å²) in [5, 5.41) is 8.34. The van der Waals surface area contributed by atoms with Crippen LogP contribution in [-0.4, -0.2) is 13.2 Å². The molecule has 17 heavy (non-hydrogen) atoms. The van der Waals surface area contributed by atoms with Crippen molar-refractivity contribution in [1.29, 1.82) is 5.26 Å². The first-order valence-electron chi connectivity index (χ1n) is 5.28. The van der Waals surface area contributed by atoms with Gasteiger partial charge < -0.3 is 9.47 Å². The minimum atomic E-state index is -3.01. The van der Waals surface area contributed by atoms with E-state index in [1.165, 1.54) is 18.2 Å². The molecule has 0 bridgehead atoms. The first kappa shape index (κ1) is 11.6. The lowest BCUT2D eigenvalue weighted by molar-refractivity contribution is -0.0123. The van der Waals surface area contributed by atoms with Crippen molar-refractivity contribution in [2.24, 2.45) is 0 Å². The molecule has 90 valence electrons. The molecule has 0 aliphatic carbocycles. The predicted molar refractivity (Wildman–Crippen MR) is 56.2 cm³/mol. The number of hydrogen-bond acceptors (Lipinski definition) is 3. The van der Waals surface area contributed by atoms with E-state index in [-0.39, 0.29) is 12.0 Å². The van der Waals surface area contributed by atoms with Crippen LogP contribution in [0.15, 0.2) is 18.2 Å². The highest BCUT2D eigenvalue weighted by Crippen LogP contribution is 2.38. The molecule has 0 atom stereocenters. The van der Waals surface area contributed by atoms with E-state index in [4.69, 9.17) is 14.7 Å². The Kier molecular flexibility index (Phi) is 3.14. The van der Waals surface area contributed by atoms with E-state index in [0.717, 1.165) is 0 Å². The highest BCUT2D eigenvalue weighted by Gasteiger charge is 2.32. The van der Waals surface area contributed by atoms with Crippen molar-refractivity contribution in [2.75, 3.05) is 13.2 Å². The van der Waals surface area contributed by atoms with Gasteiger partial charge in [0.05, 0.1) is 6.07 Å². The number of halogens is 2. The Morgan fingerprint density at radius 2 is 1.94 bits per heavy atom. The van der Waals surface area contributed by atoms with Gasteiger partial charge in [-0.2, -0.15) is 5.26 Å². The van der Waals surface area contributed by atoms with Crippen LogP contribution in [0.25, 0.3) is 0 Å². The maximum absolute atomic E-state index is 13.7. The summed E-state index contributed by atoms with van der Waals surface area (Å²) in [6, 6.07) is 5.79. The third-order valence-corrected chi connectivity index (χ3v) is 2.52. The van der Waals surface area contributed by atoms with Crippen molar-refractivity contribution >= 4 is 0 Å². The molecular formula is C12H11F2NO2. The number of hydrogen-bond donors (Lipinski definition) is 0. The molecule has 3 nitrogen and oxygen atoms in total. The van der Waals surface area contributed by atoms with E-state index in [0.29, 0.717) is 24.7 Å². The second-order valence-electron chi connectivity index (χ2n) is 3.72. The van der Waals surface area contributed by atoms with Crippen LogP contribution in [0.3, 0.4) is 0 Å². The molecule has 0 amide bonds. The molecule has 0 N–H and O–H groups in total. The molecule has 5 heteroatoms. The Hall–Kier alpha value is -1.83. The molecule has 1 aromatic carbocycles. The number of alkyl halides is 2. The van der Waals surface area contributed by atoms with Gasteiger partial charge in [-0.05, 0) is 18.2 Å². The van der Waals surface area contributed by atoms with E-state index >= 15 is 0 Å². The van der Waals surface area contributed by atoms with Crippen LogP contribution in [0.1, 0.15) is 18.4 Å². The summed E-state index contributed by atoms with van der Waals surface area (Å²) in [5.74, 6) is -2.19. The molecule has 0 saturated carbocycles. The lowest BCUT2D eigenvalue weighted by atomic mass is 10.0. The van der Waals surface area contributed by atoms with Gasteiger partial charge in [0.2, 0.25) is 0 Å². The molecule has 0 aromatic heterocycles. The summed E-state index contributed by atoms with van der Waals surface area (Å²) in [4.78, 5) is 0. The van der Waals surface area contributed by atoms with Gasteiger partial charge in [0.1, 0.15) is 13.2 Å². The summed E-state index contributed by atoms with van der Waals surface area (Å²) in [5.41, 5.74) is -0.142. The minimum absolute atomic E-state index is 0.142. The van der Waals surface area contributed by atoms with Crippen LogP contribution >= 0.6 is 0 Å². The standard InChI is InChI=1S/C12H11F2NO2/c13-12(14,4-1-5-15)9-2-3-10-11(8-9)17-7-6-16-10/h2-3,8H,1,4,6-7H2. The largest absolute Gasteiger partial charge is 0.486 e. The highest BCUT2D eigenvalue weighted by atomic mass is 19.3. The monoisotopic (exact) mass is 239 g/mol. The molecule has 0 fully saturated rings. The van der Waals surface area contributed by atoms with Crippen LogP contribution < -0.4 is 9.47 Å². The van der Waals surface area contributed by atoms with E-state index in [2.05, 4.69) is 0 Å². The fourth-order valence-electron chi connectivity index (χ4n) is 1.63. The van der Waals surface area contributed by atoms with Gasteiger partial charge in [-0.1, -0.05) is 0 Å². The summed E-state index contributed by atoms with van der Waals surface area (Å²) < 4.78 is 37.8. The quantitative estimate of drug-likeness (QED) is 0.814. The number of nitriles is 1. The summed E-state index contributed by atoms with van der Waals surface area (Å²) in [6.45, 7) is 0.789. The molecule has 0 radical (unpaired) electrons. The van der Waals surface area contributed by atoms with Crippen LogP contribution in [0, 0.1) is 11.3 Å².